The van der Waals surface area contributed by atoms with Crippen LogP contribution in [0, 0.1) is 11.6 Å². The number of hydrogen-bond acceptors (Lipinski definition) is 3. The van der Waals surface area contributed by atoms with Gasteiger partial charge in [0.2, 0.25) is 0 Å². The van der Waals surface area contributed by atoms with Crippen LogP contribution in [-0.4, -0.2) is 26.1 Å². The molecule has 0 unspecified atom stereocenters. The minimum Gasteiger partial charge on any atom is -0.480 e. The molecule has 82 valence electrons. The van der Waals surface area contributed by atoms with Crippen LogP contribution in [0.5, 0.6) is 5.75 Å². The van der Waals surface area contributed by atoms with Crippen LogP contribution >= 0.6 is 0 Å². The molecule has 0 saturated carbocycles. The van der Waals surface area contributed by atoms with Crippen LogP contribution in [0.4, 0.5) is 8.78 Å². The number of methoxy groups -OCH3 is 1. The Kier molecular flexibility index (Phi) is 4.17. The summed E-state index contributed by atoms with van der Waals surface area (Å²) in [6.45, 7) is -0.554. The first-order valence-corrected chi connectivity index (χ1v) is 4.22. The van der Waals surface area contributed by atoms with Crippen LogP contribution in [0.25, 0.3) is 0 Å². The predicted octanol–water partition coefficient (Wildman–Crippen LogP) is 1.56. The number of ether oxygens (including phenoxy) is 2. The van der Waals surface area contributed by atoms with Gasteiger partial charge in [-0.15, -0.1) is 0 Å². The molecule has 0 aliphatic heterocycles. The second-order valence-corrected chi connectivity index (χ2v) is 2.81. The zero-order valence-corrected chi connectivity index (χ0v) is 8.13. The third-order valence-corrected chi connectivity index (χ3v) is 1.60. The molecule has 0 heterocycles. The number of para-hydroxylation sites is 1. The highest BCUT2D eigenvalue weighted by Crippen LogP contribution is 2.20. The third-order valence-electron chi connectivity index (χ3n) is 1.60. The second kappa shape index (κ2) is 5.41. The third kappa shape index (κ3) is 3.28. The van der Waals surface area contributed by atoms with Gasteiger partial charge in [0.05, 0.1) is 0 Å². The van der Waals surface area contributed by atoms with Crippen molar-refractivity contribution in [3.05, 3.63) is 29.8 Å². The minimum atomic E-state index is -0.833. The molecule has 5 heteroatoms. The highest BCUT2D eigenvalue weighted by Gasteiger charge is 2.11. The first-order chi connectivity index (χ1) is 7.15. The summed E-state index contributed by atoms with van der Waals surface area (Å²) in [6, 6.07) is 3.33. The van der Waals surface area contributed by atoms with Crippen molar-refractivity contribution in [2.24, 2.45) is 0 Å². The molecule has 1 aromatic rings. The molecule has 0 bridgehead atoms. The number of carbonyl (C=O) groups is 1. The second-order valence-electron chi connectivity index (χ2n) is 2.81. The summed E-state index contributed by atoms with van der Waals surface area (Å²) in [4.78, 5) is 10.9. The Bertz CT molecular complexity index is 332. The Labute approximate surface area is 85.6 Å². The lowest BCUT2D eigenvalue weighted by atomic mass is 10.3. The molecule has 15 heavy (non-hydrogen) atoms. The van der Waals surface area contributed by atoms with E-state index >= 15 is 0 Å². The summed E-state index contributed by atoms with van der Waals surface area (Å²) < 4.78 is 35.2. The summed E-state index contributed by atoms with van der Waals surface area (Å²) >= 11 is 0. The molecule has 0 radical (unpaired) electrons. The fourth-order valence-corrected chi connectivity index (χ4v) is 0.976. The van der Waals surface area contributed by atoms with Gasteiger partial charge >= 0.3 is 0 Å². The van der Waals surface area contributed by atoms with Gasteiger partial charge in [-0.1, -0.05) is 6.07 Å². The van der Waals surface area contributed by atoms with Crippen molar-refractivity contribution in [2.45, 2.75) is 0 Å². The van der Waals surface area contributed by atoms with E-state index < -0.39 is 24.0 Å². The SMILES string of the molecule is COCC(=O)COc1c(F)cccc1F. The summed E-state index contributed by atoms with van der Waals surface area (Å²) in [5.74, 6) is -2.59. The van der Waals surface area contributed by atoms with Gasteiger partial charge in [-0.2, -0.15) is 0 Å². The summed E-state index contributed by atoms with van der Waals surface area (Å²) in [5, 5.41) is 0. The van der Waals surface area contributed by atoms with E-state index in [0.29, 0.717) is 0 Å². The Morgan fingerprint density at radius 2 is 1.87 bits per heavy atom. The monoisotopic (exact) mass is 216 g/mol. The smallest absolute Gasteiger partial charge is 0.195 e. The lowest BCUT2D eigenvalue weighted by Gasteiger charge is -2.06. The number of Topliss-reactive ketones (excluding diaryl/α,β-unsaturated/α-hetero) is 1. The van der Waals surface area contributed by atoms with Crippen LogP contribution in [0.1, 0.15) is 0 Å². The minimum absolute atomic E-state index is 0.143. The van der Waals surface area contributed by atoms with Gasteiger partial charge in [0.1, 0.15) is 13.2 Å². The molecule has 0 spiro atoms. The van der Waals surface area contributed by atoms with E-state index in [2.05, 4.69) is 4.74 Å². The zero-order chi connectivity index (χ0) is 11.3. The molecule has 3 nitrogen and oxygen atoms in total. The number of ketones is 1. The largest absolute Gasteiger partial charge is 0.480 e. The topological polar surface area (TPSA) is 35.5 Å². The molecule has 0 aliphatic rings. The van der Waals surface area contributed by atoms with Crippen molar-refractivity contribution in [3.63, 3.8) is 0 Å². The molecule has 0 atom stereocenters. The molecule has 1 rings (SSSR count). The number of halogens is 2. The van der Waals surface area contributed by atoms with Crippen molar-refractivity contribution in [3.8, 4) is 5.75 Å². The maximum Gasteiger partial charge on any atom is 0.195 e. The highest BCUT2D eigenvalue weighted by molar-refractivity contribution is 5.81. The Morgan fingerprint density at radius 3 is 2.40 bits per heavy atom. The number of hydrogen-bond donors (Lipinski definition) is 0. The Hall–Kier alpha value is -1.49. The highest BCUT2D eigenvalue weighted by atomic mass is 19.1. The van der Waals surface area contributed by atoms with E-state index in [1.807, 2.05) is 0 Å². The zero-order valence-electron chi connectivity index (χ0n) is 8.13. The van der Waals surface area contributed by atoms with Crippen molar-refractivity contribution in [2.75, 3.05) is 20.3 Å². The van der Waals surface area contributed by atoms with Crippen LogP contribution in [0.2, 0.25) is 0 Å². The van der Waals surface area contributed by atoms with Gasteiger partial charge in [-0.05, 0) is 12.1 Å². The van der Waals surface area contributed by atoms with E-state index in [9.17, 15) is 13.6 Å². The van der Waals surface area contributed by atoms with Crippen LogP contribution in [0.15, 0.2) is 18.2 Å². The molecular weight excluding hydrogens is 206 g/mol. The molecule has 0 aliphatic carbocycles. The summed E-state index contributed by atoms with van der Waals surface area (Å²) in [6.07, 6.45) is 0. The molecule has 1 aromatic carbocycles. The average Bonchev–Trinajstić information content (AvgIpc) is 2.17. The number of carbonyl (C=O) groups excluding carboxylic acids is 1. The lowest BCUT2D eigenvalue weighted by molar-refractivity contribution is -0.124. The standard InChI is InChI=1S/C10H10F2O3/c1-14-5-7(13)6-15-10-8(11)3-2-4-9(10)12/h2-4H,5-6H2,1H3. The molecular formula is C10H10F2O3. The van der Waals surface area contributed by atoms with E-state index in [-0.39, 0.29) is 12.4 Å². The number of rotatable bonds is 5. The van der Waals surface area contributed by atoms with Crippen LogP contribution < -0.4 is 4.74 Å². The molecule has 0 amide bonds. The quantitative estimate of drug-likeness (QED) is 0.749. The lowest BCUT2D eigenvalue weighted by Crippen LogP contribution is -2.17. The molecule has 0 aromatic heterocycles. The average molecular weight is 216 g/mol. The first kappa shape index (κ1) is 11.6. The van der Waals surface area contributed by atoms with Crippen molar-refractivity contribution >= 4 is 5.78 Å². The summed E-state index contributed by atoms with van der Waals surface area (Å²) in [5.41, 5.74) is 0. The fraction of sp³-hybridized carbons (Fsp3) is 0.300. The normalized spacial score (nSPS) is 10.1. The van der Waals surface area contributed by atoms with Crippen molar-refractivity contribution < 1.29 is 23.0 Å². The molecule has 0 N–H and O–H groups in total. The van der Waals surface area contributed by atoms with Crippen molar-refractivity contribution in [1.29, 1.82) is 0 Å². The van der Waals surface area contributed by atoms with E-state index in [1.54, 1.807) is 0 Å². The molecule has 0 saturated heterocycles. The van der Waals surface area contributed by atoms with E-state index in [4.69, 9.17) is 4.74 Å². The molecule has 0 fully saturated rings. The number of benzene rings is 1. The Morgan fingerprint density at radius 1 is 1.27 bits per heavy atom. The Balaban J connectivity index is 2.61. The van der Waals surface area contributed by atoms with Crippen molar-refractivity contribution in [1.82, 2.24) is 0 Å². The van der Waals surface area contributed by atoms with Gasteiger partial charge in [0.15, 0.2) is 23.2 Å². The van der Waals surface area contributed by atoms with Crippen LogP contribution in [-0.2, 0) is 9.53 Å². The van der Waals surface area contributed by atoms with Gasteiger partial charge in [-0.25, -0.2) is 8.78 Å². The maximum absolute atomic E-state index is 13.0. The van der Waals surface area contributed by atoms with Gasteiger partial charge in [-0.3, -0.25) is 4.79 Å². The maximum atomic E-state index is 13.0. The summed E-state index contributed by atoms with van der Waals surface area (Å²) in [7, 11) is 1.35. The van der Waals surface area contributed by atoms with E-state index in [0.717, 1.165) is 12.1 Å². The van der Waals surface area contributed by atoms with Gasteiger partial charge in [0.25, 0.3) is 0 Å². The fourth-order valence-electron chi connectivity index (χ4n) is 0.976. The van der Waals surface area contributed by atoms with Gasteiger partial charge < -0.3 is 9.47 Å². The predicted molar refractivity (Wildman–Crippen MR) is 48.7 cm³/mol. The first-order valence-electron chi connectivity index (χ1n) is 4.22. The van der Waals surface area contributed by atoms with Gasteiger partial charge in [0, 0.05) is 7.11 Å². The van der Waals surface area contributed by atoms with Crippen LogP contribution in [0.3, 0.4) is 0 Å². The van der Waals surface area contributed by atoms with E-state index in [1.165, 1.54) is 13.2 Å².